The number of aliphatic hydroxyl groups is 1. The van der Waals surface area contributed by atoms with Crippen molar-refractivity contribution in [2.75, 3.05) is 13.7 Å². The third-order valence-electron chi connectivity index (χ3n) is 1.90. The van der Waals surface area contributed by atoms with Crippen LogP contribution in [0.4, 0.5) is 0 Å². The van der Waals surface area contributed by atoms with E-state index in [0.717, 1.165) is 11.3 Å². The number of hydrogen-bond acceptors (Lipinski definition) is 4. The molecule has 0 aliphatic rings. The molecule has 1 aromatic carbocycles. The van der Waals surface area contributed by atoms with Gasteiger partial charge in [0.25, 0.3) is 0 Å². The van der Waals surface area contributed by atoms with Crippen molar-refractivity contribution in [2.24, 2.45) is 0 Å². The number of aliphatic hydroxyl groups excluding tert-OH is 1. The molecular formula is C10H14O4. The van der Waals surface area contributed by atoms with E-state index in [1.807, 2.05) is 24.3 Å². The van der Waals surface area contributed by atoms with Gasteiger partial charge in [-0.05, 0) is 17.7 Å². The fourth-order valence-corrected chi connectivity index (χ4v) is 1.18. The molecule has 1 unspecified atom stereocenters. The van der Waals surface area contributed by atoms with Crippen LogP contribution in [-0.4, -0.2) is 30.2 Å². The summed E-state index contributed by atoms with van der Waals surface area (Å²) in [7, 11) is 1.60. The van der Waals surface area contributed by atoms with E-state index >= 15 is 0 Å². The first-order valence-corrected chi connectivity index (χ1v) is 4.33. The molecule has 0 radical (unpaired) electrons. The van der Waals surface area contributed by atoms with Crippen LogP contribution in [-0.2, 0) is 11.3 Å². The van der Waals surface area contributed by atoms with Crippen LogP contribution in [0, 0.1) is 0 Å². The van der Waals surface area contributed by atoms with Gasteiger partial charge < -0.3 is 9.84 Å². The summed E-state index contributed by atoms with van der Waals surface area (Å²) in [6, 6.07) is 7.36. The lowest BCUT2D eigenvalue weighted by molar-refractivity contribution is -0.256. The Labute approximate surface area is 82.6 Å². The summed E-state index contributed by atoms with van der Waals surface area (Å²) < 4.78 is 4.99. The molecule has 4 heteroatoms. The van der Waals surface area contributed by atoms with E-state index in [1.54, 1.807) is 7.11 Å². The SMILES string of the molecule is COc1ccc(CC(O)COO)cc1. The summed E-state index contributed by atoms with van der Waals surface area (Å²) in [5, 5.41) is 17.4. The zero-order valence-electron chi connectivity index (χ0n) is 8.01. The fourth-order valence-electron chi connectivity index (χ4n) is 1.18. The number of benzene rings is 1. The van der Waals surface area contributed by atoms with Crippen LogP contribution in [0.25, 0.3) is 0 Å². The van der Waals surface area contributed by atoms with Gasteiger partial charge in [0.05, 0.1) is 13.2 Å². The van der Waals surface area contributed by atoms with E-state index < -0.39 is 6.10 Å². The quantitative estimate of drug-likeness (QED) is 0.549. The highest BCUT2D eigenvalue weighted by Gasteiger charge is 2.05. The van der Waals surface area contributed by atoms with Crippen LogP contribution in [0.5, 0.6) is 5.75 Å². The Morgan fingerprint density at radius 1 is 1.29 bits per heavy atom. The standard InChI is InChI=1S/C10H14O4/c1-13-10-4-2-8(3-5-10)6-9(11)7-14-12/h2-5,9,11-12H,6-7H2,1H3. The lowest BCUT2D eigenvalue weighted by atomic mass is 10.1. The topological polar surface area (TPSA) is 58.9 Å². The number of methoxy groups -OCH3 is 1. The third kappa shape index (κ3) is 3.33. The summed E-state index contributed by atoms with van der Waals surface area (Å²) in [6.45, 7) is -0.0774. The number of ether oxygens (including phenoxy) is 1. The minimum absolute atomic E-state index is 0.0774. The molecule has 0 aliphatic heterocycles. The van der Waals surface area contributed by atoms with E-state index in [-0.39, 0.29) is 6.61 Å². The lowest BCUT2D eigenvalue weighted by Gasteiger charge is -2.08. The second-order valence-electron chi connectivity index (χ2n) is 3.00. The molecule has 78 valence electrons. The van der Waals surface area contributed by atoms with Crippen LogP contribution in [0.3, 0.4) is 0 Å². The van der Waals surface area contributed by atoms with Gasteiger partial charge in [-0.15, -0.1) is 0 Å². The summed E-state index contributed by atoms with van der Waals surface area (Å²) in [4.78, 5) is 3.85. The molecule has 0 aromatic heterocycles. The molecule has 4 nitrogen and oxygen atoms in total. The molecule has 1 atom stereocenters. The minimum Gasteiger partial charge on any atom is -0.497 e. The Balaban J connectivity index is 2.50. The summed E-state index contributed by atoms with van der Waals surface area (Å²) in [5.41, 5.74) is 0.968. The molecule has 0 amide bonds. The molecular weight excluding hydrogens is 184 g/mol. The molecule has 2 N–H and O–H groups in total. The first kappa shape index (κ1) is 11.0. The van der Waals surface area contributed by atoms with Crippen molar-refractivity contribution < 1.29 is 20.0 Å². The van der Waals surface area contributed by atoms with Gasteiger partial charge in [-0.1, -0.05) is 12.1 Å². The highest BCUT2D eigenvalue weighted by atomic mass is 17.1. The van der Waals surface area contributed by atoms with Gasteiger partial charge in [0.1, 0.15) is 12.4 Å². The van der Waals surface area contributed by atoms with Crippen LogP contribution in [0.15, 0.2) is 24.3 Å². The monoisotopic (exact) mass is 198 g/mol. The molecule has 14 heavy (non-hydrogen) atoms. The smallest absolute Gasteiger partial charge is 0.118 e. The first-order chi connectivity index (χ1) is 6.76. The molecule has 0 spiro atoms. The summed E-state index contributed by atoms with van der Waals surface area (Å²) >= 11 is 0. The Bertz CT molecular complexity index is 257. The average Bonchev–Trinajstić information content (AvgIpc) is 2.19. The molecule has 1 rings (SSSR count). The maximum absolute atomic E-state index is 9.31. The largest absolute Gasteiger partial charge is 0.497 e. The average molecular weight is 198 g/mol. The Kier molecular flexibility index (Phi) is 4.39. The number of rotatable bonds is 5. The number of hydrogen-bond donors (Lipinski definition) is 2. The maximum Gasteiger partial charge on any atom is 0.118 e. The second-order valence-corrected chi connectivity index (χ2v) is 3.00. The zero-order valence-corrected chi connectivity index (χ0v) is 8.01. The summed E-state index contributed by atoms with van der Waals surface area (Å²) in [6.07, 6.45) is -0.238. The zero-order chi connectivity index (χ0) is 10.4. The highest BCUT2D eigenvalue weighted by molar-refractivity contribution is 5.27. The van der Waals surface area contributed by atoms with Crippen molar-refractivity contribution in [3.63, 3.8) is 0 Å². The van der Waals surface area contributed by atoms with Gasteiger partial charge >= 0.3 is 0 Å². The minimum atomic E-state index is -0.687. The van der Waals surface area contributed by atoms with Gasteiger partial charge in [0.2, 0.25) is 0 Å². The molecule has 0 aliphatic carbocycles. The molecule has 0 saturated carbocycles. The van der Waals surface area contributed by atoms with Gasteiger partial charge in [-0.3, -0.25) is 5.26 Å². The lowest BCUT2D eigenvalue weighted by Crippen LogP contribution is -2.16. The van der Waals surface area contributed by atoms with E-state index in [1.165, 1.54) is 0 Å². The van der Waals surface area contributed by atoms with Crippen LogP contribution < -0.4 is 4.74 Å². The van der Waals surface area contributed by atoms with Gasteiger partial charge in [0, 0.05) is 6.42 Å². The van der Waals surface area contributed by atoms with Crippen LogP contribution in [0.1, 0.15) is 5.56 Å². The van der Waals surface area contributed by atoms with Gasteiger partial charge in [-0.25, -0.2) is 4.89 Å². The van der Waals surface area contributed by atoms with E-state index in [0.29, 0.717) is 6.42 Å². The van der Waals surface area contributed by atoms with Crippen molar-refractivity contribution in [1.82, 2.24) is 0 Å². The van der Waals surface area contributed by atoms with Crippen LogP contribution >= 0.6 is 0 Å². The molecule has 1 aromatic rings. The fraction of sp³-hybridized carbons (Fsp3) is 0.400. The Morgan fingerprint density at radius 3 is 2.43 bits per heavy atom. The maximum atomic E-state index is 9.31. The molecule has 0 saturated heterocycles. The van der Waals surface area contributed by atoms with Gasteiger partial charge in [0.15, 0.2) is 0 Å². The predicted octanol–water partition coefficient (Wildman–Crippen LogP) is 1.09. The van der Waals surface area contributed by atoms with Crippen molar-refractivity contribution >= 4 is 0 Å². The molecule has 0 fully saturated rings. The second kappa shape index (κ2) is 5.59. The normalized spacial score (nSPS) is 12.5. The van der Waals surface area contributed by atoms with Crippen molar-refractivity contribution in [3.05, 3.63) is 29.8 Å². The Hall–Kier alpha value is -1.10. The first-order valence-electron chi connectivity index (χ1n) is 4.33. The predicted molar refractivity (Wildman–Crippen MR) is 51.3 cm³/mol. The highest BCUT2D eigenvalue weighted by Crippen LogP contribution is 2.12. The Morgan fingerprint density at radius 2 is 1.93 bits per heavy atom. The van der Waals surface area contributed by atoms with Crippen LogP contribution in [0.2, 0.25) is 0 Å². The van der Waals surface area contributed by atoms with Crippen molar-refractivity contribution in [2.45, 2.75) is 12.5 Å². The van der Waals surface area contributed by atoms with E-state index in [2.05, 4.69) is 4.89 Å². The third-order valence-corrected chi connectivity index (χ3v) is 1.90. The van der Waals surface area contributed by atoms with Crippen molar-refractivity contribution in [3.8, 4) is 5.75 Å². The molecule has 0 heterocycles. The van der Waals surface area contributed by atoms with E-state index in [4.69, 9.17) is 9.99 Å². The van der Waals surface area contributed by atoms with E-state index in [9.17, 15) is 5.11 Å². The van der Waals surface area contributed by atoms with Gasteiger partial charge in [-0.2, -0.15) is 0 Å². The van der Waals surface area contributed by atoms with Crippen molar-refractivity contribution in [1.29, 1.82) is 0 Å². The molecule has 0 bridgehead atoms. The summed E-state index contributed by atoms with van der Waals surface area (Å²) in [5.74, 6) is 0.779.